The molecule has 0 aromatic carbocycles. The lowest BCUT2D eigenvalue weighted by Gasteiger charge is -1.99. The van der Waals surface area contributed by atoms with Crippen LogP contribution in [0.3, 0.4) is 0 Å². The highest BCUT2D eigenvalue weighted by molar-refractivity contribution is 5.75. The smallest absolute Gasteiger partial charge is 0.129 e. The van der Waals surface area contributed by atoms with E-state index in [4.69, 9.17) is 0 Å². The van der Waals surface area contributed by atoms with E-state index in [1.54, 1.807) is 19.1 Å². The zero-order chi connectivity index (χ0) is 15.5. The summed E-state index contributed by atoms with van der Waals surface area (Å²) in [7, 11) is 0. The number of carbonyl (C=O) groups is 1. The molecule has 0 aliphatic heterocycles. The Morgan fingerprint density at radius 3 is 1.79 bits per heavy atom. The number of ketones is 1. The highest BCUT2D eigenvalue weighted by atomic mass is 16.1. The van der Waals surface area contributed by atoms with Crippen LogP contribution >= 0.6 is 0 Å². The summed E-state index contributed by atoms with van der Waals surface area (Å²) in [5.74, 6) is 0.271. The molecule has 0 amide bonds. The molecule has 0 saturated carbocycles. The summed E-state index contributed by atoms with van der Waals surface area (Å²) in [4.78, 5) is 10.6. The quantitative estimate of drug-likeness (QED) is 0.311. The van der Waals surface area contributed by atoms with Crippen molar-refractivity contribution in [2.75, 3.05) is 0 Å². The van der Waals surface area contributed by atoms with E-state index >= 15 is 0 Å². The molecule has 0 N–H and O–H groups in total. The number of Topliss-reactive ketones (excluding diaryl/α,β-unsaturated/α-hetero) is 1. The van der Waals surface area contributed by atoms with Gasteiger partial charge < -0.3 is 4.79 Å². The zero-order valence-electron chi connectivity index (χ0n) is 13.4. The van der Waals surface area contributed by atoms with Gasteiger partial charge in [0.25, 0.3) is 0 Å². The molecular formula is C18H32O. The second kappa shape index (κ2) is 21.9. The summed E-state index contributed by atoms with van der Waals surface area (Å²) in [6.07, 6.45) is 12.3. The molecule has 0 radical (unpaired) electrons. The van der Waals surface area contributed by atoms with Crippen molar-refractivity contribution in [3.8, 4) is 0 Å². The van der Waals surface area contributed by atoms with E-state index in [1.165, 1.54) is 12.0 Å². The highest BCUT2D eigenvalue weighted by Gasteiger charge is 1.95. The first kappa shape index (κ1) is 22.8. The number of unbranched alkanes of at least 4 members (excludes halogenated alkanes) is 1. The second-order valence-electron chi connectivity index (χ2n) is 4.21. The van der Waals surface area contributed by atoms with Gasteiger partial charge in [0, 0.05) is 6.42 Å². The molecule has 0 aromatic heterocycles. The zero-order valence-corrected chi connectivity index (χ0v) is 13.4. The van der Waals surface area contributed by atoms with E-state index in [9.17, 15) is 4.79 Å². The van der Waals surface area contributed by atoms with Crippen molar-refractivity contribution >= 4 is 5.78 Å². The van der Waals surface area contributed by atoms with Crippen LogP contribution in [0, 0.1) is 0 Å². The normalized spacial score (nSPS) is 9.16. The van der Waals surface area contributed by atoms with Gasteiger partial charge in [-0.1, -0.05) is 57.7 Å². The topological polar surface area (TPSA) is 17.1 Å². The van der Waals surface area contributed by atoms with E-state index in [0.29, 0.717) is 6.42 Å². The molecule has 0 aliphatic carbocycles. The lowest BCUT2D eigenvalue weighted by molar-refractivity contribution is -0.117. The third-order valence-corrected chi connectivity index (χ3v) is 1.84. The van der Waals surface area contributed by atoms with Crippen LogP contribution in [0.1, 0.15) is 59.8 Å². The Bertz CT molecular complexity index is 259. The molecule has 0 heterocycles. The molecule has 0 unspecified atom stereocenters. The third kappa shape index (κ3) is 31.5. The fraction of sp³-hybridized carbons (Fsp3) is 0.500. The van der Waals surface area contributed by atoms with Crippen molar-refractivity contribution in [1.82, 2.24) is 0 Å². The summed E-state index contributed by atoms with van der Waals surface area (Å²) in [5, 5.41) is 0. The van der Waals surface area contributed by atoms with Gasteiger partial charge in [-0.25, -0.2) is 0 Å². The SMILES string of the molecule is C=C/C=C(\C=C)CCCCC(C)=O.C=CC.CCC. The van der Waals surface area contributed by atoms with Gasteiger partial charge in [0.1, 0.15) is 5.78 Å². The molecule has 0 fully saturated rings. The number of allylic oxidation sites excluding steroid dienone is 5. The van der Waals surface area contributed by atoms with Crippen LogP contribution in [0.4, 0.5) is 0 Å². The summed E-state index contributed by atoms with van der Waals surface area (Å²) >= 11 is 0. The molecular weight excluding hydrogens is 232 g/mol. The van der Waals surface area contributed by atoms with E-state index in [-0.39, 0.29) is 5.78 Å². The first-order chi connectivity index (χ1) is 9.03. The molecule has 0 saturated heterocycles. The molecule has 1 heteroatoms. The van der Waals surface area contributed by atoms with Gasteiger partial charge in [-0.15, -0.1) is 6.58 Å². The molecule has 0 bridgehead atoms. The molecule has 19 heavy (non-hydrogen) atoms. The fourth-order valence-corrected chi connectivity index (χ4v) is 1.11. The lowest BCUT2D eigenvalue weighted by atomic mass is 10.1. The molecule has 0 atom stereocenters. The maximum Gasteiger partial charge on any atom is 0.129 e. The van der Waals surface area contributed by atoms with Gasteiger partial charge >= 0.3 is 0 Å². The Hall–Kier alpha value is -1.37. The van der Waals surface area contributed by atoms with Crippen LogP contribution in [0.5, 0.6) is 0 Å². The number of carbonyl (C=O) groups excluding carboxylic acids is 1. The van der Waals surface area contributed by atoms with E-state index in [0.717, 1.165) is 19.3 Å². The Morgan fingerprint density at radius 1 is 1.05 bits per heavy atom. The van der Waals surface area contributed by atoms with Crippen LogP contribution < -0.4 is 0 Å². The first-order valence-corrected chi connectivity index (χ1v) is 7.04. The molecule has 1 nitrogen and oxygen atoms in total. The van der Waals surface area contributed by atoms with Gasteiger partial charge in [0.2, 0.25) is 0 Å². The van der Waals surface area contributed by atoms with Crippen molar-refractivity contribution in [1.29, 1.82) is 0 Å². The predicted octanol–water partition coefficient (Wildman–Crippen LogP) is 6.04. The van der Waals surface area contributed by atoms with Crippen molar-refractivity contribution in [2.24, 2.45) is 0 Å². The lowest BCUT2D eigenvalue weighted by Crippen LogP contribution is -1.89. The molecule has 0 rings (SSSR count). The minimum absolute atomic E-state index is 0.271. The number of hydrogen-bond donors (Lipinski definition) is 0. The largest absolute Gasteiger partial charge is 0.300 e. The van der Waals surface area contributed by atoms with Crippen LogP contribution in [0.15, 0.2) is 49.6 Å². The van der Waals surface area contributed by atoms with Crippen LogP contribution in [-0.2, 0) is 4.79 Å². The monoisotopic (exact) mass is 264 g/mol. The predicted molar refractivity (Wildman–Crippen MR) is 89.5 cm³/mol. The summed E-state index contributed by atoms with van der Waals surface area (Å²) in [6, 6.07) is 0. The van der Waals surface area contributed by atoms with Crippen molar-refractivity contribution in [3.63, 3.8) is 0 Å². The maximum absolute atomic E-state index is 10.6. The van der Waals surface area contributed by atoms with Crippen molar-refractivity contribution < 1.29 is 4.79 Å². The van der Waals surface area contributed by atoms with E-state index < -0.39 is 0 Å². The van der Waals surface area contributed by atoms with Gasteiger partial charge in [-0.3, -0.25) is 0 Å². The molecule has 0 aliphatic rings. The minimum atomic E-state index is 0.271. The Morgan fingerprint density at radius 2 is 1.47 bits per heavy atom. The van der Waals surface area contributed by atoms with Crippen LogP contribution in [-0.4, -0.2) is 5.78 Å². The summed E-state index contributed by atoms with van der Waals surface area (Å²) in [5.41, 5.74) is 1.19. The average Bonchev–Trinajstić information content (AvgIpc) is 2.35. The Labute approximate surface area is 120 Å². The van der Waals surface area contributed by atoms with Gasteiger partial charge in [-0.05, 0) is 38.7 Å². The summed E-state index contributed by atoms with van der Waals surface area (Å²) < 4.78 is 0. The van der Waals surface area contributed by atoms with Crippen molar-refractivity contribution in [3.05, 3.63) is 49.6 Å². The van der Waals surface area contributed by atoms with E-state index in [2.05, 4.69) is 33.6 Å². The fourth-order valence-electron chi connectivity index (χ4n) is 1.11. The standard InChI is InChI=1S/C12H18O.C3H8.C3H6/c1-4-8-12(5-2)10-7-6-9-11(3)13;2*1-3-2/h4-5,8H,1-2,6-7,9-10H2,3H3;3H2,1-2H3;3H,1H2,2H3/b12-8+;;. The number of rotatable bonds is 7. The maximum atomic E-state index is 10.6. The van der Waals surface area contributed by atoms with E-state index in [1.807, 2.05) is 19.1 Å². The Kier molecular flexibility index (Phi) is 26.2. The first-order valence-electron chi connectivity index (χ1n) is 7.04. The second-order valence-corrected chi connectivity index (χ2v) is 4.21. The van der Waals surface area contributed by atoms with Gasteiger partial charge in [-0.2, -0.15) is 0 Å². The highest BCUT2D eigenvalue weighted by Crippen LogP contribution is 2.09. The number of hydrogen-bond acceptors (Lipinski definition) is 1. The third-order valence-electron chi connectivity index (χ3n) is 1.84. The van der Waals surface area contributed by atoms with Gasteiger partial charge in [0.05, 0.1) is 0 Å². The molecule has 0 aromatic rings. The van der Waals surface area contributed by atoms with Gasteiger partial charge in [0.15, 0.2) is 0 Å². The van der Waals surface area contributed by atoms with Crippen LogP contribution in [0.25, 0.3) is 0 Å². The molecule has 110 valence electrons. The van der Waals surface area contributed by atoms with Crippen LogP contribution in [0.2, 0.25) is 0 Å². The molecule has 0 spiro atoms. The minimum Gasteiger partial charge on any atom is -0.300 e. The summed E-state index contributed by atoms with van der Waals surface area (Å²) in [6.45, 7) is 18.5. The average molecular weight is 264 g/mol. The Balaban J connectivity index is -0.000000360. The van der Waals surface area contributed by atoms with Crippen molar-refractivity contribution in [2.45, 2.75) is 59.8 Å².